The molecular formula is C12H24N2O. The molecule has 2 aliphatic heterocycles. The minimum absolute atomic E-state index is 0.514. The molecule has 15 heavy (non-hydrogen) atoms. The molecule has 0 amide bonds. The Kier molecular flexibility index (Phi) is 3.65. The number of likely N-dealkylation sites (N-methyl/N-ethyl adjacent to an activating group) is 1. The number of hydrogen-bond acceptors (Lipinski definition) is 3. The van der Waals surface area contributed by atoms with Crippen LogP contribution in [0.2, 0.25) is 0 Å². The van der Waals surface area contributed by atoms with E-state index in [2.05, 4.69) is 31.1 Å². The standard InChI is InChI=1S/C12H24N2O/c1-4-12(13-3)9(2)14-7-10-5-6-11(8-14)15-10/h9-13H,4-8H2,1-3H3. The van der Waals surface area contributed by atoms with Crippen LogP contribution in [0.25, 0.3) is 0 Å². The number of rotatable bonds is 4. The van der Waals surface area contributed by atoms with Gasteiger partial charge in [0.25, 0.3) is 0 Å². The van der Waals surface area contributed by atoms with E-state index < -0.39 is 0 Å². The Labute approximate surface area is 93.2 Å². The van der Waals surface area contributed by atoms with Crippen LogP contribution in [0.15, 0.2) is 0 Å². The first-order valence-electron chi connectivity index (χ1n) is 6.31. The Hall–Kier alpha value is -0.120. The van der Waals surface area contributed by atoms with E-state index in [9.17, 15) is 0 Å². The molecule has 3 nitrogen and oxygen atoms in total. The third-order valence-electron chi connectivity index (χ3n) is 4.04. The van der Waals surface area contributed by atoms with Crippen molar-refractivity contribution in [1.29, 1.82) is 0 Å². The molecular weight excluding hydrogens is 188 g/mol. The largest absolute Gasteiger partial charge is 0.372 e. The molecule has 2 rings (SSSR count). The molecule has 3 heteroatoms. The monoisotopic (exact) mass is 212 g/mol. The highest BCUT2D eigenvalue weighted by Crippen LogP contribution is 2.28. The molecule has 4 atom stereocenters. The highest BCUT2D eigenvalue weighted by molar-refractivity contribution is 4.90. The summed E-state index contributed by atoms with van der Waals surface area (Å²) in [6, 6.07) is 1.24. The molecule has 88 valence electrons. The van der Waals surface area contributed by atoms with Gasteiger partial charge in [-0.2, -0.15) is 0 Å². The first kappa shape index (κ1) is 11.4. The zero-order valence-electron chi connectivity index (χ0n) is 10.2. The second-order valence-electron chi connectivity index (χ2n) is 4.96. The number of nitrogens with zero attached hydrogens (tertiary/aromatic N) is 1. The summed E-state index contributed by atoms with van der Waals surface area (Å²) in [6.07, 6.45) is 4.76. The lowest BCUT2D eigenvalue weighted by Crippen LogP contribution is -2.53. The number of likely N-dealkylation sites (tertiary alicyclic amines) is 1. The number of ether oxygens (including phenoxy) is 1. The van der Waals surface area contributed by atoms with Gasteiger partial charge in [-0.15, -0.1) is 0 Å². The molecule has 2 aliphatic rings. The first-order valence-corrected chi connectivity index (χ1v) is 6.31. The maximum absolute atomic E-state index is 5.86. The summed E-state index contributed by atoms with van der Waals surface area (Å²) in [5.41, 5.74) is 0. The Morgan fingerprint density at radius 2 is 1.93 bits per heavy atom. The number of nitrogens with one attached hydrogen (secondary N) is 1. The van der Waals surface area contributed by atoms with Crippen molar-refractivity contribution in [1.82, 2.24) is 10.2 Å². The van der Waals surface area contributed by atoms with Crippen LogP contribution in [0.1, 0.15) is 33.1 Å². The van der Waals surface area contributed by atoms with Crippen molar-refractivity contribution in [3.63, 3.8) is 0 Å². The maximum atomic E-state index is 5.86. The Balaban J connectivity index is 1.92. The Bertz CT molecular complexity index is 194. The molecule has 2 heterocycles. The van der Waals surface area contributed by atoms with Crippen molar-refractivity contribution in [2.45, 2.75) is 57.4 Å². The van der Waals surface area contributed by atoms with Crippen molar-refractivity contribution < 1.29 is 4.74 Å². The van der Waals surface area contributed by atoms with Crippen molar-refractivity contribution in [2.75, 3.05) is 20.1 Å². The molecule has 0 radical (unpaired) electrons. The third kappa shape index (κ3) is 2.35. The lowest BCUT2D eigenvalue weighted by molar-refractivity contribution is -0.0547. The summed E-state index contributed by atoms with van der Waals surface area (Å²) in [4.78, 5) is 2.61. The number of hydrogen-bond donors (Lipinski definition) is 1. The Morgan fingerprint density at radius 3 is 2.40 bits per heavy atom. The Morgan fingerprint density at radius 1 is 1.33 bits per heavy atom. The molecule has 4 unspecified atom stereocenters. The van der Waals surface area contributed by atoms with Crippen LogP contribution in [-0.4, -0.2) is 49.3 Å². The van der Waals surface area contributed by atoms with Gasteiger partial charge < -0.3 is 10.1 Å². The molecule has 0 aromatic heterocycles. The van der Waals surface area contributed by atoms with E-state index in [0.29, 0.717) is 24.3 Å². The summed E-state index contributed by atoms with van der Waals surface area (Å²) >= 11 is 0. The molecule has 2 saturated heterocycles. The molecule has 2 fully saturated rings. The van der Waals surface area contributed by atoms with Crippen LogP contribution in [0.4, 0.5) is 0 Å². The van der Waals surface area contributed by atoms with Crippen LogP contribution < -0.4 is 5.32 Å². The summed E-state index contributed by atoms with van der Waals surface area (Å²) in [5, 5.41) is 3.42. The quantitative estimate of drug-likeness (QED) is 0.759. The van der Waals surface area contributed by atoms with Crippen molar-refractivity contribution in [3.8, 4) is 0 Å². The fraction of sp³-hybridized carbons (Fsp3) is 1.00. The zero-order chi connectivity index (χ0) is 10.8. The minimum Gasteiger partial charge on any atom is -0.372 e. The third-order valence-corrected chi connectivity index (χ3v) is 4.04. The van der Waals surface area contributed by atoms with Crippen LogP contribution in [0.5, 0.6) is 0 Å². The van der Waals surface area contributed by atoms with Gasteiger partial charge in [0.1, 0.15) is 0 Å². The van der Waals surface area contributed by atoms with E-state index in [0.717, 1.165) is 13.1 Å². The predicted octanol–water partition coefficient (Wildman–Crippen LogP) is 1.24. The van der Waals surface area contributed by atoms with Crippen LogP contribution in [-0.2, 0) is 4.74 Å². The van der Waals surface area contributed by atoms with E-state index in [1.165, 1.54) is 19.3 Å². The topological polar surface area (TPSA) is 24.5 Å². The van der Waals surface area contributed by atoms with E-state index in [-0.39, 0.29) is 0 Å². The second-order valence-corrected chi connectivity index (χ2v) is 4.96. The highest BCUT2D eigenvalue weighted by Gasteiger charge is 2.36. The van der Waals surface area contributed by atoms with Gasteiger partial charge in [-0.05, 0) is 33.2 Å². The van der Waals surface area contributed by atoms with E-state index in [1.807, 2.05) is 0 Å². The zero-order valence-corrected chi connectivity index (χ0v) is 10.2. The van der Waals surface area contributed by atoms with E-state index in [1.54, 1.807) is 0 Å². The second kappa shape index (κ2) is 4.81. The summed E-state index contributed by atoms with van der Waals surface area (Å²) in [7, 11) is 2.07. The SMILES string of the molecule is CCC(NC)C(C)N1CC2CCC(C1)O2. The summed E-state index contributed by atoms with van der Waals surface area (Å²) in [5.74, 6) is 0. The van der Waals surface area contributed by atoms with Gasteiger partial charge in [0.05, 0.1) is 12.2 Å². The van der Waals surface area contributed by atoms with Gasteiger partial charge in [0.15, 0.2) is 0 Å². The van der Waals surface area contributed by atoms with Gasteiger partial charge in [0, 0.05) is 25.2 Å². The van der Waals surface area contributed by atoms with Gasteiger partial charge in [-0.1, -0.05) is 6.92 Å². The molecule has 1 N–H and O–H groups in total. The predicted molar refractivity (Wildman–Crippen MR) is 62.1 cm³/mol. The normalized spacial score (nSPS) is 35.4. The van der Waals surface area contributed by atoms with Crippen LogP contribution in [0, 0.1) is 0 Å². The van der Waals surface area contributed by atoms with Crippen molar-refractivity contribution >= 4 is 0 Å². The van der Waals surface area contributed by atoms with E-state index >= 15 is 0 Å². The van der Waals surface area contributed by atoms with Gasteiger partial charge in [-0.25, -0.2) is 0 Å². The van der Waals surface area contributed by atoms with Gasteiger partial charge in [0.2, 0.25) is 0 Å². The molecule has 0 saturated carbocycles. The fourth-order valence-corrected chi connectivity index (χ4v) is 3.02. The van der Waals surface area contributed by atoms with E-state index in [4.69, 9.17) is 4.74 Å². The van der Waals surface area contributed by atoms with Crippen molar-refractivity contribution in [2.24, 2.45) is 0 Å². The number of morpholine rings is 1. The minimum atomic E-state index is 0.514. The number of fused-ring (bicyclic) bond motifs is 2. The fourth-order valence-electron chi connectivity index (χ4n) is 3.02. The average Bonchev–Trinajstić information content (AvgIpc) is 2.59. The van der Waals surface area contributed by atoms with Gasteiger partial charge >= 0.3 is 0 Å². The van der Waals surface area contributed by atoms with Crippen molar-refractivity contribution in [3.05, 3.63) is 0 Å². The molecule has 0 aliphatic carbocycles. The van der Waals surface area contributed by atoms with Crippen LogP contribution in [0.3, 0.4) is 0 Å². The average molecular weight is 212 g/mol. The molecule has 0 aromatic carbocycles. The summed E-state index contributed by atoms with van der Waals surface area (Å²) < 4.78 is 5.86. The van der Waals surface area contributed by atoms with Gasteiger partial charge in [-0.3, -0.25) is 4.90 Å². The highest BCUT2D eigenvalue weighted by atomic mass is 16.5. The smallest absolute Gasteiger partial charge is 0.0707 e. The molecule has 0 aromatic rings. The maximum Gasteiger partial charge on any atom is 0.0707 e. The lowest BCUT2D eigenvalue weighted by atomic mass is 10.0. The lowest BCUT2D eigenvalue weighted by Gasteiger charge is -2.39. The molecule has 2 bridgehead atoms. The summed E-state index contributed by atoms with van der Waals surface area (Å²) in [6.45, 7) is 6.87. The molecule has 0 spiro atoms. The first-order chi connectivity index (χ1) is 7.24. The van der Waals surface area contributed by atoms with Crippen LogP contribution >= 0.6 is 0 Å².